The second kappa shape index (κ2) is 7.69. The summed E-state index contributed by atoms with van der Waals surface area (Å²) in [4.78, 5) is 13.4. The van der Waals surface area contributed by atoms with Crippen LogP contribution in [0.4, 0.5) is 0 Å². The van der Waals surface area contributed by atoms with Crippen LogP contribution in [0.3, 0.4) is 0 Å². The summed E-state index contributed by atoms with van der Waals surface area (Å²) < 4.78 is 0. The molecule has 0 saturated heterocycles. The molecular formula is C26H29NO2. The second-order valence-electron chi connectivity index (χ2n) is 9.15. The highest BCUT2D eigenvalue weighted by Crippen LogP contribution is 2.46. The number of hydrogen-bond donors (Lipinski definition) is 1. The number of carboxylic acid groups (broad SMARTS) is 1. The van der Waals surface area contributed by atoms with Gasteiger partial charge in [0.1, 0.15) is 0 Å². The Hall–Kier alpha value is -2.57. The van der Waals surface area contributed by atoms with Gasteiger partial charge < -0.3 is 5.11 Å². The van der Waals surface area contributed by atoms with Crippen LogP contribution in [0.15, 0.2) is 42.5 Å². The van der Waals surface area contributed by atoms with Gasteiger partial charge in [0.2, 0.25) is 0 Å². The topological polar surface area (TPSA) is 40.5 Å². The van der Waals surface area contributed by atoms with Gasteiger partial charge in [0.25, 0.3) is 0 Å². The number of carboxylic acids is 1. The van der Waals surface area contributed by atoms with Crippen LogP contribution in [0.25, 0.3) is 0 Å². The maximum atomic E-state index is 10.8. The molecule has 1 atom stereocenters. The lowest BCUT2D eigenvalue weighted by atomic mass is 9.70. The molecule has 0 aliphatic heterocycles. The number of carbonyl (C=O) groups is 1. The number of rotatable bonds is 4. The summed E-state index contributed by atoms with van der Waals surface area (Å²) in [5, 5.41) is 8.88. The SMILES string of the molecule is CN(C1CC1)C1CCC(C)(C)c2cc(C#Cc3ccc(CC(=O)O)cc3)ccc21. The first-order valence-corrected chi connectivity index (χ1v) is 10.5. The molecule has 4 rings (SSSR count). The first-order chi connectivity index (χ1) is 13.8. The van der Waals surface area contributed by atoms with Gasteiger partial charge in [-0.15, -0.1) is 0 Å². The summed E-state index contributed by atoms with van der Waals surface area (Å²) >= 11 is 0. The molecule has 0 spiro atoms. The van der Waals surface area contributed by atoms with Crippen LogP contribution >= 0.6 is 0 Å². The summed E-state index contributed by atoms with van der Waals surface area (Å²) in [6.45, 7) is 4.69. The van der Waals surface area contributed by atoms with E-state index in [0.717, 1.165) is 22.7 Å². The molecular weight excluding hydrogens is 358 g/mol. The molecule has 0 radical (unpaired) electrons. The van der Waals surface area contributed by atoms with Gasteiger partial charge in [-0.2, -0.15) is 0 Å². The third-order valence-corrected chi connectivity index (χ3v) is 6.46. The molecule has 150 valence electrons. The molecule has 2 aliphatic rings. The summed E-state index contributed by atoms with van der Waals surface area (Å²) in [6.07, 6.45) is 5.13. The Morgan fingerprint density at radius 3 is 2.38 bits per heavy atom. The van der Waals surface area contributed by atoms with E-state index in [1.807, 2.05) is 24.3 Å². The van der Waals surface area contributed by atoms with E-state index < -0.39 is 5.97 Å². The number of fused-ring (bicyclic) bond motifs is 1. The highest BCUT2D eigenvalue weighted by molar-refractivity contribution is 5.70. The minimum Gasteiger partial charge on any atom is -0.481 e. The van der Waals surface area contributed by atoms with Crippen molar-refractivity contribution in [2.75, 3.05) is 7.05 Å². The van der Waals surface area contributed by atoms with E-state index in [1.165, 1.54) is 36.8 Å². The summed E-state index contributed by atoms with van der Waals surface area (Å²) in [7, 11) is 2.28. The molecule has 1 saturated carbocycles. The quantitative estimate of drug-likeness (QED) is 0.757. The largest absolute Gasteiger partial charge is 0.481 e. The Morgan fingerprint density at radius 1 is 1.07 bits per heavy atom. The molecule has 0 amide bonds. The van der Waals surface area contributed by atoms with Crippen LogP contribution in [0.5, 0.6) is 0 Å². The molecule has 1 fully saturated rings. The van der Waals surface area contributed by atoms with Gasteiger partial charge in [-0.3, -0.25) is 9.69 Å². The molecule has 3 heteroatoms. The average Bonchev–Trinajstić information content (AvgIpc) is 3.52. The van der Waals surface area contributed by atoms with Crippen molar-refractivity contribution in [1.82, 2.24) is 4.90 Å². The standard InChI is InChI=1S/C26H29NO2/c1-26(2)15-14-24(27(3)21-11-12-21)22-13-10-19(16-23(22)26)7-4-18-5-8-20(9-6-18)17-25(28)29/h5-6,8-10,13,16,21,24H,11-12,14-15,17H2,1-3H3,(H,28,29). The molecule has 0 bridgehead atoms. The number of benzene rings is 2. The van der Waals surface area contributed by atoms with E-state index in [2.05, 4.69) is 55.8 Å². The Morgan fingerprint density at radius 2 is 1.72 bits per heavy atom. The Labute approximate surface area is 173 Å². The number of hydrogen-bond acceptors (Lipinski definition) is 2. The van der Waals surface area contributed by atoms with Crippen molar-refractivity contribution < 1.29 is 9.90 Å². The van der Waals surface area contributed by atoms with E-state index in [1.54, 1.807) is 0 Å². The number of aliphatic carboxylic acids is 1. The minimum atomic E-state index is -0.814. The van der Waals surface area contributed by atoms with E-state index in [-0.39, 0.29) is 11.8 Å². The van der Waals surface area contributed by atoms with Crippen molar-refractivity contribution in [2.45, 2.75) is 63.5 Å². The summed E-state index contributed by atoms with van der Waals surface area (Å²) in [5.41, 5.74) is 5.82. The van der Waals surface area contributed by atoms with E-state index in [4.69, 9.17) is 5.11 Å². The normalized spacial score (nSPS) is 19.9. The van der Waals surface area contributed by atoms with Crippen molar-refractivity contribution in [3.63, 3.8) is 0 Å². The summed E-state index contributed by atoms with van der Waals surface area (Å²) in [5.74, 6) is 5.72. The first-order valence-electron chi connectivity index (χ1n) is 10.5. The molecule has 0 aromatic heterocycles. The predicted octanol–water partition coefficient (Wildman–Crippen LogP) is 4.92. The highest BCUT2D eigenvalue weighted by atomic mass is 16.4. The van der Waals surface area contributed by atoms with Crippen LogP contribution in [0.1, 0.15) is 73.4 Å². The van der Waals surface area contributed by atoms with Gasteiger partial charge in [-0.25, -0.2) is 0 Å². The second-order valence-corrected chi connectivity index (χ2v) is 9.15. The fourth-order valence-electron chi connectivity index (χ4n) is 4.48. The highest BCUT2D eigenvalue weighted by Gasteiger charge is 2.38. The molecule has 29 heavy (non-hydrogen) atoms. The zero-order valence-corrected chi connectivity index (χ0v) is 17.5. The molecule has 3 nitrogen and oxygen atoms in total. The monoisotopic (exact) mass is 387 g/mol. The van der Waals surface area contributed by atoms with Gasteiger partial charge in [-0.05, 0) is 79.1 Å². The fourth-order valence-corrected chi connectivity index (χ4v) is 4.48. The van der Waals surface area contributed by atoms with Crippen molar-refractivity contribution in [3.05, 3.63) is 70.3 Å². The van der Waals surface area contributed by atoms with Crippen LogP contribution in [0.2, 0.25) is 0 Å². The fraction of sp³-hybridized carbons (Fsp3) is 0.423. The zero-order chi connectivity index (χ0) is 20.6. The van der Waals surface area contributed by atoms with Gasteiger partial charge in [0.15, 0.2) is 0 Å². The Bertz CT molecular complexity index is 974. The lowest BCUT2D eigenvalue weighted by Gasteiger charge is -2.41. The Balaban J connectivity index is 1.59. The smallest absolute Gasteiger partial charge is 0.307 e. The van der Waals surface area contributed by atoms with Crippen molar-refractivity contribution in [2.24, 2.45) is 0 Å². The van der Waals surface area contributed by atoms with Crippen molar-refractivity contribution in [1.29, 1.82) is 0 Å². The molecule has 2 aromatic carbocycles. The molecule has 2 aromatic rings. The maximum absolute atomic E-state index is 10.8. The van der Waals surface area contributed by atoms with Crippen molar-refractivity contribution in [3.8, 4) is 11.8 Å². The van der Waals surface area contributed by atoms with Gasteiger partial charge in [-0.1, -0.05) is 43.9 Å². The lowest BCUT2D eigenvalue weighted by molar-refractivity contribution is -0.136. The third-order valence-electron chi connectivity index (χ3n) is 6.46. The maximum Gasteiger partial charge on any atom is 0.307 e. The Kier molecular flexibility index (Phi) is 5.23. The minimum absolute atomic E-state index is 0.0457. The molecule has 0 heterocycles. The third kappa shape index (κ3) is 4.38. The molecule has 2 aliphatic carbocycles. The average molecular weight is 388 g/mol. The van der Waals surface area contributed by atoms with E-state index >= 15 is 0 Å². The van der Waals surface area contributed by atoms with Gasteiger partial charge in [0, 0.05) is 23.2 Å². The van der Waals surface area contributed by atoms with Gasteiger partial charge in [0.05, 0.1) is 6.42 Å². The summed E-state index contributed by atoms with van der Waals surface area (Å²) in [6, 6.07) is 15.5. The molecule has 1 N–H and O–H groups in total. The van der Waals surface area contributed by atoms with Crippen LogP contribution in [0, 0.1) is 11.8 Å². The van der Waals surface area contributed by atoms with Crippen LogP contribution in [-0.2, 0) is 16.6 Å². The van der Waals surface area contributed by atoms with E-state index in [9.17, 15) is 4.79 Å². The van der Waals surface area contributed by atoms with Crippen molar-refractivity contribution >= 4 is 5.97 Å². The first kappa shape index (κ1) is 19.7. The number of nitrogens with zero attached hydrogens (tertiary/aromatic N) is 1. The van der Waals surface area contributed by atoms with E-state index in [0.29, 0.717) is 6.04 Å². The predicted molar refractivity (Wildman–Crippen MR) is 116 cm³/mol. The van der Waals surface area contributed by atoms with Crippen LogP contribution in [-0.4, -0.2) is 29.1 Å². The van der Waals surface area contributed by atoms with Gasteiger partial charge >= 0.3 is 5.97 Å². The molecule has 1 unspecified atom stereocenters. The van der Waals surface area contributed by atoms with Crippen LogP contribution < -0.4 is 0 Å². The zero-order valence-electron chi connectivity index (χ0n) is 17.5. The lowest BCUT2D eigenvalue weighted by Crippen LogP contribution is -2.35.